The predicted molar refractivity (Wildman–Crippen MR) is 79.3 cm³/mol. The Morgan fingerprint density at radius 1 is 1.35 bits per heavy atom. The molecule has 1 N–H and O–H groups in total. The maximum Gasteiger partial charge on any atom is 0.127 e. The maximum absolute atomic E-state index is 9.20. The van der Waals surface area contributed by atoms with Crippen LogP contribution in [0.5, 0.6) is 11.5 Å². The smallest absolute Gasteiger partial charge is 0.127 e. The Hall–Kier alpha value is -1.26. The number of rotatable bonds is 8. The first-order valence-corrected chi connectivity index (χ1v) is 7.32. The molecule has 20 heavy (non-hydrogen) atoms. The Balaban J connectivity index is 2.15. The van der Waals surface area contributed by atoms with Crippen molar-refractivity contribution in [2.24, 2.45) is 0 Å². The number of hydrogen-bond acceptors (Lipinski definition) is 4. The van der Waals surface area contributed by atoms with Gasteiger partial charge in [-0.15, -0.1) is 0 Å². The minimum Gasteiger partial charge on any atom is -0.497 e. The van der Waals surface area contributed by atoms with E-state index in [1.54, 1.807) is 7.11 Å². The predicted octanol–water partition coefficient (Wildman–Crippen LogP) is 2.44. The molecule has 1 aromatic carbocycles. The van der Waals surface area contributed by atoms with E-state index >= 15 is 0 Å². The van der Waals surface area contributed by atoms with Crippen LogP contribution >= 0.6 is 0 Å². The molecule has 0 radical (unpaired) electrons. The van der Waals surface area contributed by atoms with E-state index in [1.807, 2.05) is 26.0 Å². The molecule has 2 rings (SSSR count). The van der Waals surface area contributed by atoms with Crippen LogP contribution in [0.2, 0.25) is 0 Å². The lowest BCUT2D eigenvalue weighted by Crippen LogP contribution is -2.29. The zero-order valence-corrected chi connectivity index (χ0v) is 12.6. The van der Waals surface area contributed by atoms with Crippen LogP contribution in [0.3, 0.4) is 0 Å². The van der Waals surface area contributed by atoms with Crippen molar-refractivity contribution < 1.29 is 14.6 Å². The number of nitrogens with zero attached hydrogens (tertiary/aromatic N) is 1. The average Bonchev–Trinajstić information content (AvgIpc) is 3.23. The van der Waals surface area contributed by atoms with Gasteiger partial charge in [0.2, 0.25) is 0 Å². The second-order valence-electron chi connectivity index (χ2n) is 5.57. The van der Waals surface area contributed by atoms with Crippen LogP contribution in [-0.2, 0) is 6.54 Å². The maximum atomic E-state index is 9.20. The summed E-state index contributed by atoms with van der Waals surface area (Å²) in [5, 5.41) is 9.20. The van der Waals surface area contributed by atoms with Gasteiger partial charge in [0.25, 0.3) is 0 Å². The third-order valence-corrected chi connectivity index (χ3v) is 3.46. The summed E-state index contributed by atoms with van der Waals surface area (Å²) in [4.78, 5) is 2.33. The van der Waals surface area contributed by atoms with E-state index in [0.29, 0.717) is 6.04 Å². The largest absolute Gasteiger partial charge is 0.497 e. The van der Waals surface area contributed by atoms with Gasteiger partial charge >= 0.3 is 0 Å². The Morgan fingerprint density at radius 2 is 2.10 bits per heavy atom. The SMILES string of the molecule is COc1ccc(CN(CCO)C2CC2)c(OC(C)C)c1. The van der Waals surface area contributed by atoms with Crippen molar-refractivity contribution in [3.8, 4) is 11.5 Å². The molecule has 0 saturated heterocycles. The second kappa shape index (κ2) is 6.95. The second-order valence-corrected chi connectivity index (χ2v) is 5.57. The van der Waals surface area contributed by atoms with Crippen LogP contribution in [0.25, 0.3) is 0 Å². The minimum absolute atomic E-state index is 0.132. The van der Waals surface area contributed by atoms with Gasteiger partial charge in [0, 0.05) is 30.8 Å². The molecule has 4 heteroatoms. The minimum atomic E-state index is 0.132. The molecule has 0 heterocycles. The standard InChI is InChI=1S/C16H25NO3/c1-12(2)20-16-10-15(19-3)7-4-13(16)11-17(8-9-18)14-5-6-14/h4,7,10,12,14,18H,5-6,8-9,11H2,1-3H3. The molecule has 1 aliphatic carbocycles. The number of methoxy groups -OCH3 is 1. The molecule has 0 bridgehead atoms. The fourth-order valence-corrected chi connectivity index (χ4v) is 2.33. The Kier molecular flexibility index (Phi) is 5.26. The van der Waals surface area contributed by atoms with Gasteiger partial charge in [-0.1, -0.05) is 6.07 Å². The molecule has 1 aromatic rings. The molecule has 1 fully saturated rings. The van der Waals surface area contributed by atoms with Gasteiger partial charge in [0.15, 0.2) is 0 Å². The molecular formula is C16H25NO3. The van der Waals surface area contributed by atoms with Crippen molar-refractivity contribution in [3.05, 3.63) is 23.8 Å². The first-order valence-electron chi connectivity index (χ1n) is 7.32. The molecular weight excluding hydrogens is 254 g/mol. The first-order chi connectivity index (χ1) is 9.63. The summed E-state index contributed by atoms with van der Waals surface area (Å²) in [5.74, 6) is 1.69. The molecule has 0 aromatic heterocycles. The Labute approximate surface area is 121 Å². The van der Waals surface area contributed by atoms with Gasteiger partial charge in [-0.3, -0.25) is 4.90 Å². The zero-order chi connectivity index (χ0) is 14.5. The molecule has 0 aliphatic heterocycles. The Morgan fingerprint density at radius 3 is 2.65 bits per heavy atom. The highest BCUT2D eigenvalue weighted by Gasteiger charge is 2.29. The van der Waals surface area contributed by atoms with Crippen molar-refractivity contribution in [1.82, 2.24) is 4.90 Å². The first kappa shape index (κ1) is 15.1. The van der Waals surface area contributed by atoms with Crippen molar-refractivity contribution in [2.45, 2.75) is 45.4 Å². The van der Waals surface area contributed by atoms with Gasteiger partial charge in [-0.05, 0) is 32.8 Å². The van der Waals surface area contributed by atoms with E-state index in [4.69, 9.17) is 9.47 Å². The fraction of sp³-hybridized carbons (Fsp3) is 0.625. The lowest BCUT2D eigenvalue weighted by atomic mass is 10.1. The zero-order valence-electron chi connectivity index (χ0n) is 12.6. The van der Waals surface area contributed by atoms with Crippen LogP contribution in [0.15, 0.2) is 18.2 Å². The van der Waals surface area contributed by atoms with Crippen LogP contribution in [0, 0.1) is 0 Å². The summed E-state index contributed by atoms with van der Waals surface area (Å²) in [7, 11) is 1.66. The molecule has 0 spiro atoms. The van der Waals surface area contributed by atoms with Crippen molar-refractivity contribution in [1.29, 1.82) is 0 Å². The third kappa shape index (κ3) is 4.12. The third-order valence-electron chi connectivity index (χ3n) is 3.46. The highest BCUT2D eigenvalue weighted by atomic mass is 16.5. The van der Waals surface area contributed by atoms with Crippen LogP contribution < -0.4 is 9.47 Å². The van der Waals surface area contributed by atoms with Gasteiger partial charge in [-0.25, -0.2) is 0 Å². The highest BCUT2D eigenvalue weighted by Crippen LogP contribution is 2.32. The number of aliphatic hydroxyl groups is 1. The number of aliphatic hydroxyl groups excluding tert-OH is 1. The molecule has 1 saturated carbocycles. The van der Waals surface area contributed by atoms with E-state index < -0.39 is 0 Å². The topological polar surface area (TPSA) is 41.9 Å². The number of ether oxygens (including phenoxy) is 2. The van der Waals surface area contributed by atoms with Crippen molar-refractivity contribution in [3.63, 3.8) is 0 Å². The van der Waals surface area contributed by atoms with E-state index in [-0.39, 0.29) is 12.7 Å². The molecule has 4 nitrogen and oxygen atoms in total. The quantitative estimate of drug-likeness (QED) is 0.793. The summed E-state index contributed by atoms with van der Waals surface area (Å²) >= 11 is 0. The van der Waals surface area contributed by atoms with Crippen molar-refractivity contribution in [2.75, 3.05) is 20.3 Å². The monoisotopic (exact) mass is 279 g/mol. The van der Waals surface area contributed by atoms with Gasteiger partial charge in [0.05, 0.1) is 19.8 Å². The summed E-state index contributed by atoms with van der Waals surface area (Å²) in [5.41, 5.74) is 1.15. The van der Waals surface area contributed by atoms with Gasteiger partial charge in [0.1, 0.15) is 11.5 Å². The van der Waals surface area contributed by atoms with E-state index in [1.165, 1.54) is 12.8 Å². The lowest BCUT2D eigenvalue weighted by Gasteiger charge is -2.23. The number of benzene rings is 1. The van der Waals surface area contributed by atoms with Crippen molar-refractivity contribution >= 4 is 0 Å². The number of hydrogen-bond donors (Lipinski definition) is 1. The van der Waals surface area contributed by atoms with E-state index in [0.717, 1.165) is 30.2 Å². The van der Waals surface area contributed by atoms with E-state index in [2.05, 4.69) is 11.0 Å². The molecule has 0 atom stereocenters. The van der Waals surface area contributed by atoms with Crippen LogP contribution in [0.4, 0.5) is 0 Å². The summed E-state index contributed by atoms with van der Waals surface area (Å²) in [6.07, 6.45) is 2.60. The van der Waals surface area contributed by atoms with Crippen LogP contribution in [-0.4, -0.2) is 42.4 Å². The van der Waals surface area contributed by atoms with Gasteiger partial charge in [-0.2, -0.15) is 0 Å². The Bertz CT molecular complexity index is 430. The lowest BCUT2D eigenvalue weighted by molar-refractivity contribution is 0.178. The summed E-state index contributed by atoms with van der Waals surface area (Å²) in [6, 6.07) is 6.59. The molecule has 112 valence electrons. The van der Waals surface area contributed by atoms with Crippen LogP contribution in [0.1, 0.15) is 32.3 Å². The molecule has 1 aliphatic rings. The van der Waals surface area contributed by atoms with Gasteiger partial charge < -0.3 is 14.6 Å². The summed E-state index contributed by atoms with van der Waals surface area (Å²) in [6.45, 7) is 5.79. The normalized spacial score (nSPS) is 14.9. The van der Waals surface area contributed by atoms with E-state index in [9.17, 15) is 5.11 Å². The fourth-order valence-electron chi connectivity index (χ4n) is 2.33. The highest BCUT2D eigenvalue weighted by molar-refractivity contribution is 5.41. The molecule has 0 unspecified atom stereocenters. The molecule has 0 amide bonds. The summed E-state index contributed by atoms with van der Waals surface area (Å²) < 4.78 is 11.2. The average molecular weight is 279 g/mol.